The molecule has 1 aliphatic carbocycles. The van der Waals surface area contributed by atoms with Crippen LogP contribution in [0.25, 0.3) is 0 Å². The van der Waals surface area contributed by atoms with Crippen molar-refractivity contribution in [1.29, 1.82) is 0 Å². The lowest BCUT2D eigenvalue weighted by molar-refractivity contribution is -0.142. The van der Waals surface area contributed by atoms with E-state index in [0.717, 1.165) is 24.0 Å². The van der Waals surface area contributed by atoms with Gasteiger partial charge in [0.25, 0.3) is 0 Å². The molecule has 0 heterocycles. The largest absolute Gasteiger partial charge is 0.396 e. The Kier molecular flexibility index (Phi) is 13.0. The normalized spacial score (nSPS) is 19.3. The Labute approximate surface area is 251 Å². The van der Waals surface area contributed by atoms with Crippen LogP contribution >= 0.6 is 0 Å². The van der Waals surface area contributed by atoms with E-state index in [1.807, 2.05) is 19.2 Å². The van der Waals surface area contributed by atoms with Gasteiger partial charge in [0.1, 0.15) is 11.2 Å². The molecular formula is C36H47NO5. The molecule has 6 nitrogen and oxygen atoms in total. The molecule has 1 amide bonds. The first kappa shape index (κ1) is 33.2. The summed E-state index contributed by atoms with van der Waals surface area (Å²) in [5.74, 6) is 5.76. The van der Waals surface area contributed by atoms with Crippen molar-refractivity contribution in [2.24, 2.45) is 17.3 Å². The quantitative estimate of drug-likeness (QED) is 0.187. The van der Waals surface area contributed by atoms with Crippen molar-refractivity contribution in [3.63, 3.8) is 0 Å². The Balaban J connectivity index is 1.59. The number of hydrogen-bond donors (Lipinski definition) is 2. The molecule has 3 unspecified atom stereocenters. The van der Waals surface area contributed by atoms with Crippen LogP contribution in [0.1, 0.15) is 98.7 Å². The van der Waals surface area contributed by atoms with Crippen LogP contribution in [0.3, 0.4) is 0 Å². The van der Waals surface area contributed by atoms with Gasteiger partial charge in [0.15, 0.2) is 5.78 Å². The lowest BCUT2D eigenvalue weighted by Gasteiger charge is -2.28. The second kappa shape index (κ2) is 16.4. The number of carbonyl (C=O) groups is 3. The summed E-state index contributed by atoms with van der Waals surface area (Å²) in [6.45, 7) is 3.20. The number of aliphatic hydroxyl groups excluding tert-OH is 1. The van der Waals surface area contributed by atoms with Crippen molar-refractivity contribution in [3.05, 3.63) is 70.8 Å². The van der Waals surface area contributed by atoms with Gasteiger partial charge in [-0.1, -0.05) is 62.3 Å². The van der Waals surface area contributed by atoms with Crippen molar-refractivity contribution < 1.29 is 24.2 Å². The molecule has 0 aromatic heterocycles. The smallest absolute Gasteiger partial charge is 0.233 e. The zero-order chi connectivity index (χ0) is 30.5. The summed E-state index contributed by atoms with van der Waals surface area (Å²) in [6, 6.07) is 15.7. The fourth-order valence-corrected chi connectivity index (χ4v) is 5.99. The van der Waals surface area contributed by atoms with Gasteiger partial charge >= 0.3 is 0 Å². The molecule has 6 heteroatoms. The molecule has 2 aromatic rings. The standard InChI is InChI=1S/C36H47NO5/c1-26(25-36(2,35(41)37-3)33(39)10-7-23-38)34(40)31-20-17-28(18-21-31)12-11-27-13-15-30(16-14-27)24-29-8-5-6-9-32(42-4)22-19-29/h13-18,20-21,26,29,32,38H,5-10,19,22-25H2,1-4H3,(H,37,41)/t26?,29?,32?,36-/m1/s1. The van der Waals surface area contributed by atoms with Gasteiger partial charge < -0.3 is 15.2 Å². The molecule has 2 aromatic carbocycles. The Morgan fingerprint density at radius 1 is 0.976 bits per heavy atom. The molecule has 0 radical (unpaired) electrons. The number of methoxy groups -OCH3 is 1. The van der Waals surface area contributed by atoms with Gasteiger partial charge in [-0.05, 0) is 81.2 Å². The minimum Gasteiger partial charge on any atom is -0.396 e. The van der Waals surface area contributed by atoms with Crippen LogP contribution < -0.4 is 5.32 Å². The predicted molar refractivity (Wildman–Crippen MR) is 166 cm³/mol. The van der Waals surface area contributed by atoms with Crippen LogP contribution in [0, 0.1) is 29.1 Å². The highest BCUT2D eigenvalue weighted by atomic mass is 16.5. The maximum absolute atomic E-state index is 13.2. The van der Waals surface area contributed by atoms with Crippen LogP contribution in [0.2, 0.25) is 0 Å². The molecular weight excluding hydrogens is 526 g/mol. The Bertz CT molecular complexity index is 1240. The number of ether oxygens (including phenoxy) is 1. The second-order valence-corrected chi connectivity index (χ2v) is 11.9. The van der Waals surface area contributed by atoms with Crippen molar-refractivity contribution in [2.45, 2.75) is 84.2 Å². The van der Waals surface area contributed by atoms with E-state index in [4.69, 9.17) is 9.84 Å². The highest BCUT2D eigenvalue weighted by molar-refractivity contribution is 6.06. The molecule has 1 aliphatic rings. The van der Waals surface area contributed by atoms with Gasteiger partial charge in [0.2, 0.25) is 5.91 Å². The molecule has 0 aliphatic heterocycles. The number of amides is 1. The van der Waals surface area contributed by atoms with E-state index < -0.39 is 17.2 Å². The molecule has 2 N–H and O–H groups in total. The lowest BCUT2D eigenvalue weighted by Crippen LogP contribution is -2.45. The third-order valence-corrected chi connectivity index (χ3v) is 8.69. The number of nitrogens with one attached hydrogen (secondary N) is 1. The van der Waals surface area contributed by atoms with Crippen molar-refractivity contribution in [1.82, 2.24) is 5.32 Å². The first-order valence-electron chi connectivity index (χ1n) is 15.3. The van der Waals surface area contributed by atoms with Crippen molar-refractivity contribution in [2.75, 3.05) is 20.8 Å². The summed E-state index contributed by atoms with van der Waals surface area (Å²) in [5, 5.41) is 11.7. The molecule has 3 rings (SSSR count). The monoisotopic (exact) mass is 573 g/mol. The fourth-order valence-electron chi connectivity index (χ4n) is 5.99. The van der Waals surface area contributed by atoms with E-state index in [9.17, 15) is 14.4 Å². The van der Waals surface area contributed by atoms with Gasteiger partial charge in [-0.3, -0.25) is 14.4 Å². The van der Waals surface area contributed by atoms with Crippen LogP contribution in [-0.4, -0.2) is 49.4 Å². The van der Waals surface area contributed by atoms with E-state index in [2.05, 4.69) is 41.4 Å². The first-order chi connectivity index (χ1) is 20.2. The third-order valence-electron chi connectivity index (χ3n) is 8.69. The van der Waals surface area contributed by atoms with E-state index in [0.29, 0.717) is 17.6 Å². The predicted octanol–water partition coefficient (Wildman–Crippen LogP) is 5.92. The highest BCUT2D eigenvalue weighted by Crippen LogP contribution is 2.31. The van der Waals surface area contributed by atoms with Crippen molar-refractivity contribution >= 4 is 17.5 Å². The molecule has 1 fully saturated rings. The summed E-state index contributed by atoms with van der Waals surface area (Å²) in [6.07, 6.45) is 9.34. The highest BCUT2D eigenvalue weighted by Gasteiger charge is 2.42. The summed E-state index contributed by atoms with van der Waals surface area (Å²) < 4.78 is 5.62. The Hall–Kier alpha value is -3.27. The fraction of sp³-hybridized carbons (Fsp3) is 0.528. The number of rotatable bonds is 12. The molecule has 0 spiro atoms. The maximum atomic E-state index is 13.2. The third kappa shape index (κ3) is 9.37. The number of aliphatic hydroxyl groups is 1. The topological polar surface area (TPSA) is 92.7 Å². The minimum atomic E-state index is -1.33. The minimum absolute atomic E-state index is 0.0905. The van der Waals surface area contributed by atoms with E-state index in [1.165, 1.54) is 44.7 Å². The van der Waals surface area contributed by atoms with Crippen LogP contribution in [0.4, 0.5) is 0 Å². The Morgan fingerprint density at radius 2 is 1.60 bits per heavy atom. The molecule has 226 valence electrons. The van der Waals surface area contributed by atoms with Crippen LogP contribution in [-0.2, 0) is 20.7 Å². The van der Waals surface area contributed by atoms with Gasteiger partial charge in [0.05, 0.1) is 6.10 Å². The molecule has 0 saturated heterocycles. The van der Waals surface area contributed by atoms with Gasteiger partial charge in [-0.15, -0.1) is 0 Å². The summed E-state index contributed by atoms with van der Waals surface area (Å²) in [4.78, 5) is 38.6. The lowest BCUT2D eigenvalue weighted by atomic mass is 9.74. The van der Waals surface area contributed by atoms with Crippen LogP contribution in [0.15, 0.2) is 48.5 Å². The van der Waals surface area contributed by atoms with Gasteiger partial charge in [-0.25, -0.2) is 0 Å². The summed E-state index contributed by atoms with van der Waals surface area (Å²) in [7, 11) is 3.31. The number of Topliss-reactive ketones (excluding diaryl/α,β-unsaturated/α-hetero) is 2. The average Bonchev–Trinajstić information content (AvgIpc) is 3.00. The zero-order valence-corrected chi connectivity index (χ0v) is 25.7. The molecule has 4 atom stereocenters. The first-order valence-corrected chi connectivity index (χ1v) is 15.3. The molecule has 42 heavy (non-hydrogen) atoms. The van der Waals surface area contributed by atoms with Crippen LogP contribution in [0.5, 0.6) is 0 Å². The van der Waals surface area contributed by atoms with E-state index >= 15 is 0 Å². The average molecular weight is 574 g/mol. The number of ketones is 2. The van der Waals surface area contributed by atoms with Gasteiger partial charge in [0, 0.05) is 49.8 Å². The SMILES string of the molecule is CNC(=O)[C@](C)(CC(C)C(=O)c1ccc(C#Cc2ccc(CC3CCCCC(OC)CC3)cc2)cc1)C(=O)CCCO. The second-order valence-electron chi connectivity index (χ2n) is 11.9. The van der Waals surface area contributed by atoms with E-state index in [1.54, 1.807) is 26.0 Å². The number of hydrogen-bond acceptors (Lipinski definition) is 5. The molecule has 0 bridgehead atoms. The number of carbonyl (C=O) groups excluding carboxylic acids is 3. The van der Waals surface area contributed by atoms with Gasteiger partial charge in [-0.2, -0.15) is 0 Å². The zero-order valence-electron chi connectivity index (χ0n) is 25.7. The van der Waals surface area contributed by atoms with E-state index in [-0.39, 0.29) is 37.4 Å². The van der Waals surface area contributed by atoms with Crippen molar-refractivity contribution in [3.8, 4) is 11.8 Å². The molecule has 1 saturated carbocycles. The maximum Gasteiger partial charge on any atom is 0.233 e. The Morgan fingerprint density at radius 3 is 2.19 bits per heavy atom. The number of benzene rings is 2. The summed E-state index contributed by atoms with van der Waals surface area (Å²) in [5.41, 5.74) is 2.29. The summed E-state index contributed by atoms with van der Waals surface area (Å²) >= 11 is 0.